The molecule has 24 nitrogen and oxygen atoms in total. The number of nitrogens with two attached hydrogens (primary N) is 2. The van der Waals surface area contributed by atoms with Gasteiger partial charge in [-0.2, -0.15) is 0 Å². The number of imidazole rings is 1. The maximum absolute atomic E-state index is 13.8. The summed E-state index contributed by atoms with van der Waals surface area (Å²) in [4.78, 5) is 123. The first kappa shape index (κ1) is 54.3. The van der Waals surface area contributed by atoms with Gasteiger partial charge in [0.2, 0.25) is 41.4 Å². The molecule has 0 fully saturated rings. The van der Waals surface area contributed by atoms with Crippen molar-refractivity contribution in [1.29, 1.82) is 0 Å². The van der Waals surface area contributed by atoms with Gasteiger partial charge in [0.05, 0.1) is 19.5 Å². The second kappa shape index (κ2) is 28.7. The van der Waals surface area contributed by atoms with Crippen LogP contribution in [0.1, 0.15) is 84.8 Å². The lowest BCUT2D eigenvalue weighted by Gasteiger charge is -2.28. The van der Waals surface area contributed by atoms with Crippen molar-refractivity contribution in [3.63, 3.8) is 0 Å². The molecule has 1 aromatic rings. The molecule has 0 aliphatic carbocycles. The minimum absolute atomic E-state index is 0.00174. The van der Waals surface area contributed by atoms with Gasteiger partial charge in [-0.05, 0) is 50.5 Å². The van der Waals surface area contributed by atoms with E-state index in [1.807, 2.05) is 0 Å². The zero-order valence-electron chi connectivity index (χ0n) is 35.6. The first-order chi connectivity index (χ1) is 29.3. The minimum atomic E-state index is -1.74. The standard InChI is InChI=1S/C38H65N11O13/c1-5-21(4)31(37(60)45-24(38(61)62)9-10-30(53)54)49-36(59)28(18-51)48-35(58)27(17-50)47-33(56)25(14-20(2)3)46-32(55)23(8-6-7-12-39)44-34(57)26(43-29(52)11-13-40)15-22-16-41-19-42-22/h16,19-21,23-28,31,50-51H,5-15,17-18,39-40H2,1-4H3,(H,41,42)(H,43,52)(H,44,57)(H,45,60)(H,46,55)(H,47,56)(H,48,58)(H,49,59)(H,53,54)(H,61,62)/t21-,23-,24-,25-,26-,27-,28-,31-/m0/s1. The van der Waals surface area contributed by atoms with Gasteiger partial charge in [-0.3, -0.25) is 38.4 Å². The molecule has 0 aliphatic heterocycles. The van der Waals surface area contributed by atoms with E-state index in [0.717, 1.165) is 0 Å². The lowest BCUT2D eigenvalue weighted by molar-refractivity contribution is -0.144. The average Bonchev–Trinajstić information content (AvgIpc) is 3.73. The number of carboxylic acids is 2. The first-order valence-electron chi connectivity index (χ1n) is 20.5. The third-order valence-electron chi connectivity index (χ3n) is 9.61. The van der Waals surface area contributed by atoms with Crippen LogP contribution in [0.15, 0.2) is 12.5 Å². The van der Waals surface area contributed by atoms with Gasteiger partial charge in [-0.1, -0.05) is 34.1 Å². The summed E-state index contributed by atoms with van der Waals surface area (Å²) in [6.07, 6.45) is 3.09. The van der Waals surface area contributed by atoms with E-state index in [2.05, 4.69) is 47.2 Å². The number of aliphatic hydroxyl groups excluding tert-OH is 2. The Labute approximate surface area is 359 Å². The quantitative estimate of drug-likeness (QED) is 0.0315. The number of rotatable bonds is 31. The minimum Gasteiger partial charge on any atom is -0.481 e. The van der Waals surface area contributed by atoms with Gasteiger partial charge in [-0.25, -0.2) is 9.78 Å². The molecule has 0 saturated carbocycles. The molecule has 62 heavy (non-hydrogen) atoms. The number of hydrogen-bond donors (Lipinski definition) is 14. The lowest BCUT2D eigenvalue weighted by Crippen LogP contribution is -2.61. The topological polar surface area (TPSA) is 399 Å². The fraction of sp³-hybridized carbons (Fsp3) is 0.684. The highest BCUT2D eigenvalue weighted by Gasteiger charge is 2.35. The zero-order valence-corrected chi connectivity index (χ0v) is 35.6. The summed E-state index contributed by atoms with van der Waals surface area (Å²) in [5.41, 5.74) is 11.7. The van der Waals surface area contributed by atoms with E-state index in [1.165, 1.54) is 12.5 Å². The van der Waals surface area contributed by atoms with Gasteiger partial charge in [0.1, 0.15) is 42.3 Å². The van der Waals surface area contributed by atoms with Crippen LogP contribution in [0.3, 0.4) is 0 Å². The van der Waals surface area contributed by atoms with E-state index in [4.69, 9.17) is 16.6 Å². The molecule has 0 radical (unpaired) electrons. The molecule has 0 saturated heterocycles. The fourth-order valence-electron chi connectivity index (χ4n) is 5.91. The number of H-pyrrole nitrogens is 1. The van der Waals surface area contributed by atoms with Crippen LogP contribution < -0.4 is 48.7 Å². The number of aliphatic carboxylic acids is 2. The molecule has 1 rings (SSSR count). The highest BCUT2D eigenvalue weighted by molar-refractivity contribution is 5.97. The summed E-state index contributed by atoms with van der Waals surface area (Å²) >= 11 is 0. The third kappa shape index (κ3) is 19.8. The molecule has 0 aliphatic rings. The number of amides is 7. The predicted octanol–water partition coefficient (Wildman–Crippen LogP) is -4.15. The Hall–Kier alpha value is -5.72. The molecule has 0 spiro atoms. The maximum Gasteiger partial charge on any atom is 0.326 e. The molecule has 0 unspecified atom stereocenters. The SMILES string of the molecule is CC[C@H](C)[C@H](NC(=O)[C@H](CO)NC(=O)[C@H](CO)NC(=O)[C@H](CC(C)C)NC(=O)[C@H](CCCCN)NC(=O)[C@H](Cc1cnc[nH]1)NC(=O)CCN)C(=O)N[C@@H](CCC(=O)O)C(=O)O. The van der Waals surface area contributed by atoms with Crippen molar-refractivity contribution in [2.24, 2.45) is 23.3 Å². The summed E-state index contributed by atoms with van der Waals surface area (Å²) in [5.74, 6) is -9.71. The number of aromatic nitrogens is 2. The van der Waals surface area contributed by atoms with Crippen LogP contribution >= 0.6 is 0 Å². The summed E-state index contributed by atoms with van der Waals surface area (Å²) in [7, 11) is 0. The van der Waals surface area contributed by atoms with Crippen LogP contribution in [0.25, 0.3) is 0 Å². The summed E-state index contributed by atoms with van der Waals surface area (Å²) in [5, 5.41) is 55.6. The number of aromatic amines is 1. The molecule has 0 bridgehead atoms. The Balaban J connectivity index is 3.20. The molecule has 24 heteroatoms. The largest absolute Gasteiger partial charge is 0.481 e. The Bertz CT molecular complexity index is 1630. The fourth-order valence-corrected chi connectivity index (χ4v) is 5.91. The van der Waals surface area contributed by atoms with Crippen molar-refractivity contribution in [2.45, 2.75) is 128 Å². The van der Waals surface area contributed by atoms with E-state index < -0.39 is 128 Å². The molecule has 350 valence electrons. The molecule has 0 aromatic carbocycles. The van der Waals surface area contributed by atoms with Crippen molar-refractivity contribution >= 4 is 53.3 Å². The van der Waals surface area contributed by atoms with Crippen molar-refractivity contribution < 1.29 is 63.6 Å². The van der Waals surface area contributed by atoms with Crippen LogP contribution in [-0.4, -0.2) is 152 Å². The molecule has 1 heterocycles. The van der Waals surface area contributed by atoms with Crippen molar-refractivity contribution in [3.8, 4) is 0 Å². The Kier molecular flexibility index (Phi) is 25.2. The summed E-state index contributed by atoms with van der Waals surface area (Å²) in [6, 6.07) is -10.1. The monoisotopic (exact) mass is 883 g/mol. The number of nitrogens with zero attached hydrogens (tertiary/aromatic N) is 1. The van der Waals surface area contributed by atoms with Crippen LogP contribution in [-0.2, 0) is 49.6 Å². The number of carbonyl (C=O) groups excluding carboxylic acids is 7. The van der Waals surface area contributed by atoms with Gasteiger partial charge >= 0.3 is 11.9 Å². The molecular weight excluding hydrogens is 818 g/mol. The van der Waals surface area contributed by atoms with Crippen molar-refractivity contribution in [2.75, 3.05) is 26.3 Å². The smallest absolute Gasteiger partial charge is 0.326 e. The second-order valence-corrected chi connectivity index (χ2v) is 15.2. The van der Waals surface area contributed by atoms with Crippen molar-refractivity contribution in [1.82, 2.24) is 47.2 Å². The van der Waals surface area contributed by atoms with Crippen LogP contribution in [0.4, 0.5) is 0 Å². The molecular formula is C38H65N11O13. The number of carboxylic acid groups (broad SMARTS) is 2. The molecule has 8 atom stereocenters. The van der Waals surface area contributed by atoms with E-state index in [1.54, 1.807) is 27.7 Å². The lowest BCUT2D eigenvalue weighted by atomic mass is 9.97. The highest BCUT2D eigenvalue weighted by atomic mass is 16.4. The Morgan fingerprint density at radius 2 is 1.18 bits per heavy atom. The van der Waals surface area contributed by atoms with E-state index in [-0.39, 0.29) is 38.1 Å². The van der Waals surface area contributed by atoms with E-state index >= 15 is 0 Å². The maximum atomic E-state index is 13.8. The van der Waals surface area contributed by atoms with E-state index in [0.29, 0.717) is 31.5 Å². The molecule has 7 amide bonds. The van der Waals surface area contributed by atoms with Gasteiger partial charge in [0.25, 0.3) is 0 Å². The van der Waals surface area contributed by atoms with Crippen molar-refractivity contribution in [3.05, 3.63) is 18.2 Å². The van der Waals surface area contributed by atoms with Crippen LogP contribution in [0.5, 0.6) is 0 Å². The highest BCUT2D eigenvalue weighted by Crippen LogP contribution is 2.12. The Morgan fingerprint density at radius 1 is 0.645 bits per heavy atom. The van der Waals surface area contributed by atoms with Gasteiger partial charge in [0, 0.05) is 37.7 Å². The third-order valence-corrected chi connectivity index (χ3v) is 9.61. The van der Waals surface area contributed by atoms with E-state index in [9.17, 15) is 58.5 Å². The number of hydrogen-bond acceptors (Lipinski definition) is 14. The van der Waals surface area contributed by atoms with Crippen LogP contribution in [0, 0.1) is 11.8 Å². The number of unbranched alkanes of at least 4 members (excludes halogenated alkanes) is 1. The van der Waals surface area contributed by atoms with Gasteiger partial charge in [0.15, 0.2) is 0 Å². The zero-order chi connectivity index (χ0) is 46.9. The van der Waals surface area contributed by atoms with Crippen LogP contribution in [0.2, 0.25) is 0 Å². The number of aliphatic hydroxyl groups is 2. The first-order valence-corrected chi connectivity index (χ1v) is 20.5. The van der Waals surface area contributed by atoms with Gasteiger partial charge in [-0.15, -0.1) is 0 Å². The number of nitrogens with one attached hydrogen (secondary N) is 8. The summed E-state index contributed by atoms with van der Waals surface area (Å²) < 4.78 is 0. The number of carbonyl (C=O) groups is 9. The Morgan fingerprint density at radius 3 is 1.68 bits per heavy atom. The molecule has 16 N–H and O–H groups in total. The second-order valence-electron chi connectivity index (χ2n) is 15.2. The summed E-state index contributed by atoms with van der Waals surface area (Å²) in [6.45, 7) is 5.04. The molecule has 1 aromatic heterocycles. The van der Waals surface area contributed by atoms with Gasteiger partial charge < -0.3 is 74.1 Å². The normalized spacial score (nSPS) is 15.0. The predicted molar refractivity (Wildman–Crippen MR) is 220 cm³/mol. The average molecular weight is 884 g/mol.